The van der Waals surface area contributed by atoms with E-state index in [1.165, 1.54) is 25.7 Å². The molecule has 0 unspecified atom stereocenters. The lowest BCUT2D eigenvalue weighted by atomic mass is 10.1. The van der Waals surface area contributed by atoms with Crippen molar-refractivity contribution in [3.05, 3.63) is 53.7 Å². The fourth-order valence-electron chi connectivity index (χ4n) is 3.68. The van der Waals surface area contributed by atoms with Gasteiger partial charge in [0.2, 0.25) is 0 Å². The number of rotatable bonds is 5. The molecule has 0 atom stereocenters. The first-order valence-corrected chi connectivity index (χ1v) is 9.83. The third kappa shape index (κ3) is 3.96. The van der Waals surface area contributed by atoms with Gasteiger partial charge in [-0.3, -0.25) is 14.8 Å². The first-order valence-electron chi connectivity index (χ1n) is 9.83. The highest BCUT2D eigenvalue weighted by Crippen LogP contribution is 2.25. The van der Waals surface area contributed by atoms with Crippen LogP contribution >= 0.6 is 0 Å². The fraction of sp³-hybridized carbons (Fsp3) is 0.364. The van der Waals surface area contributed by atoms with E-state index in [2.05, 4.69) is 25.3 Å². The van der Waals surface area contributed by atoms with E-state index >= 15 is 0 Å². The summed E-state index contributed by atoms with van der Waals surface area (Å²) in [5.74, 6) is 1.30. The van der Waals surface area contributed by atoms with Crippen LogP contribution < -0.4 is 5.32 Å². The van der Waals surface area contributed by atoms with Gasteiger partial charge in [0.15, 0.2) is 5.82 Å². The van der Waals surface area contributed by atoms with Crippen LogP contribution in [-0.2, 0) is 0 Å². The summed E-state index contributed by atoms with van der Waals surface area (Å²) < 4.78 is 0. The molecular weight excluding hydrogens is 350 g/mol. The summed E-state index contributed by atoms with van der Waals surface area (Å²) in [5, 5.41) is 3.06. The Morgan fingerprint density at radius 3 is 2.75 bits per heavy atom. The number of aryl methyl sites for hydroxylation is 2. The smallest absolute Gasteiger partial charge is 0.252 e. The minimum Gasteiger partial charge on any atom is -0.352 e. The van der Waals surface area contributed by atoms with E-state index < -0.39 is 0 Å². The lowest BCUT2D eigenvalue weighted by Crippen LogP contribution is -2.28. The standard InChI is InChI=1S/C22H25N5O/c1-14-15(2)27-21(26-14)20-10-17(7-8-24-20)18-9-19(13-23-12-18)22(28)25-11-16-5-3-4-6-16/h7-10,12-13,16H,3-6,11H2,1-2H3,(H,25,28)(H,26,27). The zero-order chi connectivity index (χ0) is 19.5. The van der Waals surface area contributed by atoms with E-state index in [1.807, 2.05) is 32.0 Å². The molecule has 4 rings (SSSR count). The van der Waals surface area contributed by atoms with Crippen molar-refractivity contribution >= 4 is 5.91 Å². The lowest BCUT2D eigenvalue weighted by molar-refractivity contribution is 0.0947. The molecule has 1 amide bonds. The molecule has 0 aliphatic heterocycles. The van der Waals surface area contributed by atoms with Crippen molar-refractivity contribution in [1.29, 1.82) is 0 Å². The SMILES string of the molecule is Cc1nc(-c2cc(-c3cncc(C(=O)NCC4CCCC4)c3)ccn2)[nH]c1C. The molecule has 0 saturated heterocycles. The average Bonchev–Trinajstić information content (AvgIpc) is 3.36. The van der Waals surface area contributed by atoms with Crippen molar-refractivity contribution in [3.63, 3.8) is 0 Å². The Morgan fingerprint density at radius 1 is 1.18 bits per heavy atom. The normalized spacial score (nSPS) is 14.4. The topological polar surface area (TPSA) is 83.6 Å². The van der Waals surface area contributed by atoms with E-state index in [4.69, 9.17) is 0 Å². The number of imidazole rings is 1. The predicted octanol–water partition coefficient (Wildman–Crippen LogP) is 4.07. The van der Waals surface area contributed by atoms with Crippen LogP contribution in [0.5, 0.6) is 0 Å². The minimum absolute atomic E-state index is 0.0622. The zero-order valence-electron chi connectivity index (χ0n) is 16.3. The minimum atomic E-state index is -0.0622. The summed E-state index contributed by atoms with van der Waals surface area (Å²) in [4.78, 5) is 29.0. The molecule has 6 heteroatoms. The Labute approximate surface area is 164 Å². The van der Waals surface area contributed by atoms with Crippen LogP contribution in [0.3, 0.4) is 0 Å². The van der Waals surface area contributed by atoms with Gasteiger partial charge in [-0.2, -0.15) is 0 Å². The van der Waals surface area contributed by atoms with Crippen LogP contribution in [-0.4, -0.2) is 32.4 Å². The van der Waals surface area contributed by atoms with Crippen LogP contribution in [0.1, 0.15) is 47.4 Å². The van der Waals surface area contributed by atoms with Crippen molar-refractivity contribution in [2.75, 3.05) is 6.54 Å². The Balaban J connectivity index is 1.53. The average molecular weight is 375 g/mol. The van der Waals surface area contributed by atoms with E-state index in [0.717, 1.165) is 40.6 Å². The third-order valence-corrected chi connectivity index (χ3v) is 5.49. The number of aromatic amines is 1. The summed E-state index contributed by atoms with van der Waals surface area (Å²) in [6.07, 6.45) is 10.1. The second kappa shape index (κ2) is 7.92. The highest BCUT2D eigenvalue weighted by Gasteiger charge is 2.17. The van der Waals surface area contributed by atoms with Crippen molar-refractivity contribution < 1.29 is 4.79 Å². The van der Waals surface area contributed by atoms with Gasteiger partial charge in [0.1, 0.15) is 5.69 Å². The first-order chi connectivity index (χ1) is 13.6. The second-order valence-electron chi connectivity index (χ2n) is 7.55. The maximum Gasteiger partial charge on any atom is 0.252 e. The van der Waals surface area contributed by atoms with Crippen LogP contribution in [0.15, 0.2) is 36.8 Å². The van der Waals surface area contributed by atoms with E-state index in [-0.39, 0.29) is 5.91 Å². The molecular formula is C22H25N5O. The van der Waals surface area contributed by atoms with Crippen molar-refractivity contribution in [2.45, 2.75) is 39.5 Å². The van der Waals surface area contributed by atoms with Gasteiger partial charge >= 0.3 is 0 Å². The van der Waals surface area contributed by atoms with E-state index in [1.54, 1.807) is 18.6 Å². The van der Waals surface area contributed by atoms with Crippen molar-refractivity contribution in [1.82, 2.24) is 25.3 Å². The second-order valence-corrected chi connectivity index (χ2v) is 7.55. The number of hydrogen-bond acceptors (Lipinski definition) is 4. The summed E-state index contributed by atoms with van der Waals surface area (Å²) in [7, 11) is 0. The summed E-state index contributed by atoms with van der Waals surface area (Å²) in [6.45, 7) is 4.71. The van der Waals surface area contributed by atoms with Crippen LogP contribution in [0.2, 0.25) is 0 Å². The number of carbonyl (C=O) groups excluding carboxylic acids is 1. The molecule has 3 heterocycles. The van der Waals surface area contributed by atoms with Crippen molar-refractivity contribution in [2.24, 2.45) is 5.92 Å². The highest BCUT2D eigenvalue weighted by molar-refractivity contribution is 5.95. The van der Waals surface area contributed by atoms with Crippen molar-refractivity contribution in [3.8, 4) is 22.6 Å². The number of amides is 1. The molecule has 0 spiro atoms. The zero-order valence-corrected chi connectivity index (χ0v) is 16.3. The molecule has 3 aromatic rings. The van der Waals surface area contributed by atoms with Crippen LogP contribution in [0.4, 0.5) is 0 Å². The molecule has 1 aliphatic carbocycles. The fourth-order valence-corrected chi connectivity index (χ4v) is 3.68. The molecule has 6 nitrogen and oxygen atoms in total. The van der Waals surface area contributed by atoms with Gasteiger partial charge in [-0.1, -0.05) is 12.8 Å². The maximum absolute atomic E-state index is 12.5. The first kappa shape index (κ1) is 18.3. The van der Waals surface area contributed by atoms with E-state index in [9.17, 15) is 4.79 Å². The Morgan fingerprint density at radius 2 is 2.00 bits per heavy atom. The molecule has 1 saturated carbocycles. The largest absolute Gasteiger partial charge is 0.352 e. The van der Waals surface area contributed by atoms with Gasteiger partial charge in [-0.15, -0.1) is 0 Å². The lowest BCUT2D eigenvalue weighted by Gasteiger charge is -2.11. The molecule has 1 aliphatic rings. The molecule has 0 bridgehead atoms. The highest BCUT2D eigenvalue weighted by atomic mass is 16.1. The predicted molar refractivity (Wildman–Crippen MR) is 109 cm³/mol. The van der Waals surface area contributed by atoms with E-state index in [0.29, 0.717) is 11.5 Å². The number of H-pyrrole nitrogens is 1. The monoisotopic (exact) mass is 375 g/mol. The summed E-state index contributed by atoms with van der Waals surface area (Å²) in [6, 6.07) is 5.77. The number of aromatic nitrogens is 4. The number of hydrogen-bond donors (Lipinski definition) is 2. The molecule has 0 radical (unpaired) electrons. The quantitative estimate of drug-likeness (QED) is 0.704. The number of nitrogens with one attached hydrogen (secondary N) is 2. The third-order valence-electron chi connectivity index (χ3n) is 5.49. The summed E-state index contributed by atoms with van der Waals surface area (Å²) in [5.41, 5.74) is 5.18. The molecule has 2 N–H and O–H groups in total. The number of pyridine rings is 2. The van der Waals surface area contributed by atoms with Gasteiger partial charge in [-0.05, 0) is 56.4 Å². The maximum atomic E-state index is 12.5. The molecule has 3 aromatic heterocycles. The van der Waals surface area contributed by atoms with Gasteiger partial charge in [0, 0.05) is 36.4 Å². The van der Waals surface area contributed by atoms with Crippen LogP contribution in [0.25, 0.3) is 22.6 Å². The Kier molecular flexibility index (Phi) is 5.19. The molecule has 0 aromatic carbocycles. The van der Waals surface area contributed by atoms with Gasteiger partial charge in [0.25, 0.3) is 5.91 Å². The molecule has 28 heavy (non-hydrogen) atoms. The molecule has 1 fully saturated rings. The number of carbonyl (C=O) groups is 1. The van der Waals surface area contributed by atoms with Gasteiger partial charge in [0.05, 0.1) is 11.3 Å². The van der Waals surface area contributed by atoms with Crippen LogP contribution in [0, 0.1) is 19.8 Å². The Hall–Kier alpha value is -3.02. The molecule has 144 valence electrons. The van der Waals surface area contributed by atoms with Gasteiger partial charge < -0.3 is 10.3 Å². The summed E-state index contributed by atoms with van der Waals surface area (Å²) >= 11 is 0. The Bertz CT molecular complexity index is 969. The van der Waals surface area contributed by atoms with Gasteiger partial charge in [-0.25, -0.2) is 4.98 Å². The number of nitrogens with zero attached hydrogens (tertiary/aromatic N) is 3.